The summed E-state index contributed by atoms with van der Waals surface area (Å²) < 4.78 is 0. The van der Waals surface area contributed by atoms with Gasteiger partial charge in [0.15, 0.2) is 0 Å². The predicted octanol–water partition coefficient (Wildman–Crippen LogP) is 2.71. The number of unbranched alkanes of at least 4 members (excludes halogenated alkanes) is 3. The van der Waals surface area contributed by atoms with E-state index >= 15 is 0 Å². The Kier molecular flexibility index (Phi) is 9.23. The zero-order valence-corrected chi connectivity index (χ0v) is 10.3. The van der Waals surface area contributed by atoms with E-state index in [2.05, 4.69) is 37.6 Å². The second-order valence-electron chi connectivity index (χ2n) is 3.83. The Morgan fingerprint density at radius 3 is 2.50 bits per heavy atom. The molecule has 0 aliphatic rings. The van der Waals surface area contributed by atoms with Crippen molar-refractivity contribution in [2.45, 2.75) is 45.1 Å². The van der Waals surface area contributed by atoms with E-state index in [4.69, 9.17) is 5.26 Å². The van der Waals surface area contributed by atoms with E-state index in [-0.39, 0.29) is 0 Å². The summed E-state index contributed by atoms with van der Waals surface area (Å²) in [6.45, 7) is 3.21. The van der Waals surface area contributed by atoms with Gasteiger partial charge in [0.25, 0.3) is 0 Å². The van der Waals surface area contributed by atoms with Crippen LogP contribution in [-0.2, 0) is 0 Å². The highest BCUT2D eigenvalue weighted by molar-refractivity contribution is 7.80. The van der Waals surface area contributed by atoms with Gasteiger partial charge in [-0.05, 0) is 39.1 Å². The van der Waals surface area contributed by atoms with Crippen molar-refractivity contribution in [2.24, 2.45) is 0 Å². The third-order valence-electron chi connectivity index (χ3n) is 2.56. The highest BCUT2D eigenvalue weighted by Crippen LogP contribution is 2.05. The summed E-state index contributed by atoms with van der Waals surface area (Å²) >= 11 is 4.18. The largest absolute Gasteiger partial charge is 0.303 e. The second kappa shape index (κ2) is 9.36. The van der Waals surface area contributed by atoms with Crippen LogP contribution in [0, 0.1) is 11.3 Å². The Bertz CT molecular complexity index is 165. The number of hydrogen-bond donors (Lipinski definition) is 1. The molecule has 0 radical (unpaired) electrons. The lowest BCUT2D eigenvalue weighted by atomic mass is 10.1. The van der Waals surface area contributed by atoms with E-state index in [0.29, 0.717) is 12.5 Å². The highest BCUT2D eigenvalue weighted by atomic mass is 32.1. The Balaban J connectivity index is 3.35. The Labute approximate surface area is 93.7 Å². The molecule has 0 aromatic heterocycles. The van der Waals surface area contributed by atoms with Gasteiger partial charge in [0, 0.05) is 6.04 Å². The third kappa shape index (κ3) is 7.23. The first-order valence-electron chi connectivity index (χ1n) is 5.40. The SMILES string of the molecule is CC(CC#N)N(C)CCCCCCS. The van der Waals surface area contributed by atoms with Gasteiger partial charge in [-0.1, -0.05) is 12.8 Å². The van der Waals surface area contributed by atoms with Gasteiger partial charge in [-0.3, -0.25) is 0 Å². The normalized spacial score (nSPS) is 12.8. The number of nitriles is 1. The fourth-order valence-corrected chi connectivity index (χ4v) is 1.56. The van der Waals surface area contributed by atoms with Crippen LogP contribution in [0.15, 0.2) is 0 Å². The minimum absolute atomic E-state index is 0.393. The summed E-state index contributed by atoms with van der Waals surface area (Å²) in [5, 5.41) is 8.54. The van der Waals surface area contributed by atoms with Crippen LogP contribution in [0.3, 0.4) is 0 Å². The number of nitrogens with zero attached hydrogens (tertiary/aromatic N) is 2. The monoisotopic (exact) mass is 214 g/mol. The molecule has 0 saturated heterocycles. The second-order valence-corrected chi connectivity index (χ2v) is 4.28. The standard InChI is InChI=1S/C11H22N2S/c1-11(7-8-12)13(2)9-5-3-4-6-10-14/h11,14H,3-7,9-10H2,1-2H3. The van der Waals surface area contributed by atoms with Crippen LogP contribution in [0.1, 0.15) is 39.0 Å². The molecule has 0 fully saturated rings. The van der Waals surface area contributed by atoms with Gasteiger partial charge in [0.1, 0.15) is 0 Å². The van der Waals surface area contributed by atoms with E-state index < -0.39 is 0 Å². The first-order chi connectivity index (χ1) is 6.72. The van der Waals surface area contributed by atoms with Crippen molar-refractivity contribution in [3.63, 3.8) is 0 Å². The van der Waals surface area contributed by atoms with Gasteiger partial charge in [-0.25, -0.2) is 0 Å². The number of rotatable bonds is 8. The Morgan fingerprint density at radius 2 is 1.93 bits per heavy atom. The van der Waals surface area contributed by atoms with Crippen molar-refractivity contribution in [2.75, 3.05) is 19.3 Å². The van der Waals surface area contributed by atoms with Crippen LogP contribution in [0.25, 0.3) is 0 Å². The van der Waals surface area contributed by atoms with Crippen LogP contribution in [0.2, 0.25) is 0 Å². The van der Waals surface area contributed by atoms with Crippen molar-refractivity contribution < 1.29 is 0 Å². The van der Waals surface area contributed by atoms with Gasteiger partial charge in [-0.15, -0.1) is 0 Å². The van der Waals surface area contributed by atoms with Gasteiger partial charge in [0.2, 0.25) is 0 Å². The lowest BCUT2D eigenvalue weighted by Crippen LogP contribution is -2.29. The van der Waals surface area contributed by atoms with Crippen molar-refractivity contribution >= 4 is 12.6 Å². The molecule has 0 N–H and O–H groups in total. The molecule has 0 aliphatic carbocycles. The quantitative estimate of drug-likeness (QED) is 0.497. The number of thiol groups is 1. The molecule has 0 spiro atoms. The van der Waals surface area contributed by atoms with Crippen molar-refractivity contribution in [1.82, 2.24) is 4.90 Å². The maximum absolute atomic E-state index is 8.54. The predicted molar refractivity (Wildman–Crippen MR) is 64.6 cm³/mol. The maximum atomic E-state index is 8.54. The molecule has 1 unspecified atom stereocenters. The minimum Gasteiger partial charge on any atom is -0.303 e. The molecule has 0 aliphatic heterocycles. The lowest BCUT2D eigenvalue weighted by Gasteiger charge is -2.22. The zero-order valence-electron chi connectivity index (χ0n) is 9.37. The minimum atomic E-state index is 0.393. The smallest absolute Gasteiger partial charge is 0.0638 e. The van der Waals surface area contributed by atoms with Gasteiger partial charge in [-0.2, -0.15) is 17.9 Å². The van der Waals surface area contributed by atoms with Crippen LogP contribution in [-0.4, -0.2) is 30.3 Å². The van der Waals surface area contributed by atoms with E-state index in [0.717, 1.165) is 12.3 Å². The molecule has 0 bridgehead atoms. The molecule has 0 saturated carbocycles. The average molecular weight is 214 g/mol. The molecular formula is C11H22N2S. The molecule has 2 nitrogen and oxygen atoms in total. The van der Waals surface area contributed by atoms with Crippen LogP contribution < -0.4 is 0 Å². The first kappa shape index (κ1) is 13.8. The molecule has 0 amide bonds. The van der Waals surface area contributed by atoms with Crippen molar-refractivity contribution in [3.8, 4) is 6.07 Å². The summed E-state index contributed by atoms with van der Waals surface area (Å²) in [7, 11) is 2.10. The summed E-state index contributed by atoms with van der Waals surface area (Å²) in [5.41, 5.74) is 0. The molecule has 14 heavy (non-hydrogen) atoms. The molecule has 82 valence electrons. The zero-order chi connectivity index (χ0) is 10.8. The molecule has 3 heteroatoms. The van der Waals surface area contributed by atoms with Crippen LogP contribution >= 0.6 is 12.6 Å². The molecule has 0 heterocycles. The lowest BCUT2D eigenvalue weighted by molar-refractivity contribution is 0.255. The van der Waals surface area contributed by atoms with Crippen LogP contribution in [0.5, 0.6) is 0 Å². The van der Waals surface area contributed by atoms with Gasteiger partial charge in [0.05, 0.1) is 12.5 Å². The summed E-state index contributed by atoms with van der Waals surface area (Å²) in [6, 6.07) is 2.60. The Hall–Kier alpha value is -0.200. The highest BCUT2D eigenvalue weighted by Gasteiger charge is 2.06. The van der Waals surface area contributed by atoms with E-state index in [1.807, 2.05) is 0 Å². The summed E-state index contributed by atoms with van der Waals surface area (Å²) in [4.78, 5) is 2.27. The number of hydrogen-bond acceptors (Lipinski definition) is 3. The van der Waals surface area contributed by atoms with Gasteiger partial charge < -0.3 is 4.90 Å². The summed E-state index contributed by atoms with van der Waals surface area (Å²) in [5.74, 6) is 1.00. The van der Waals surface area contributed by atoms with E-state index in [1.165, 1.54) is 25.7 Å². The molecular weight excluding hydrogens is 192 g/mol. The molecule has 0 rings (SSSR count). The van der Waals surface area contributed by atoms with Gasteiger partial charge >= 0.3 is 0 Å². The van der Waals surface area contributed by atoms with Crippen molar-refractivity contribution in [1.29, 1.82) is 5.26 Å². The topological polar surface area (TPSA) is 27.0 Å². The summed E-state index contributed by atoms with van der Waals surface area (Å²) in [6.07, 6.45) is 5.65. The van der Waals surface area contributed by atoms with E-state index in [1.54, 1.807) is 0 Å². The fraction of sp³-hybridized carbons (Fsp3) is 0.909. The van der Waals surface area contributed by atoms with Crippen molar-refractivity contribution in [3.05, 3.63) is 0 Å². The molecule has 0 aromatic rings. The van der Waals surface area contributed by atoms with Crippen LogP contribution in [0.4, 0.5) is 0 Å². The fourth-order valence-electron chi connectivity index (χ4n) is 1.33. The van der Waals surface area contributed by atoms with E-state index in [9.17, 15) is 0 Å². The molecule has 0 aromatic carbocycles. The first-order valence-corrected chi connectivity index (χ1v) is 6.03. The Morgan fingerprint density at radius 1 is 1.29 bits per heavy atom. The maximum Gasteiger partial charge on any atom is 0.0638 e. The molecule has 1 atom stereocenters. The third-order valence-corrected chi connectivity index (χ3v) is 2.87. The average Bonchev–Trinajstić information content (AvgIpc) is 2.17.